The largest absolute Gasteiger partial charge is 0.471 e. The minimum atomic E-state index is -4.75. The van der Waals surface area contributed by atoms with E-state index in [2.05, 4.69) is 20.0 Å². The molecule has 1 atom stereocenters. The second-order valence-electron chi connectivity index (χ2n) is 8.47. The van der Waals surface area contributed by atoms with E-state index in [1.165, 1.54) is 12.1 Å². The molecule has 38 heavy (non-hydrogen) atoms. The molecule has 0 saturated carbocycles. The molecular formula is C26H21F3N4O4S. The lowest BCUT2D eigenvalue weighted by Crippen LogP contribution is -2.53. The van der Waals surface area contributed by atoms with Gasteiger partial charge < -0.3 is 19.5 Å². The van der Waals surface area contributed by atoms with Crippen molar-refractivity contribution in [3.8, 4) is 21.8 Å². The number of aromatic nitrogens is 2. The summed E-state index contributed by atoms with van der Waals surface area (Å²) in [7, 11) is 0. The summed E-state index contributed by atoms with van der Waals surface area (Å²) in [4.78, 5) is 31.7. The zero-order chi connectivity index (χ0) is 26.7. The van der Waals surface area contributed by atoms with Crippen LogP contribution in [-0.2, 0) is 10.9 Å². The van der Waals surface area contributed by atoms with Gasteiger partial charge in [0.25, 0.3) is 11.8 Å². The maximum absolute atomic E-state index is 13.4. The summed E-state index contributed by atoms with van der Waals surface area (Å²) >= 11 is 0.932. The molecule has 0 radical (unpaired) electrons. The molecule has 0 unspecified atom stereocenters. The van der Waals surface area contributed by atoms with Crippen molar-refractivity contribution < 1.29 is 32.0 Å². The number of carbonyl (C=O) groups excluding carboxylic acids is 2. The van der Waals surface area contributed by atoms with Gasteiger partial charge in [0.05, 0.1) is 29.0 Å². The Morgan fingerprint density at radius 1 is 1.05 bits per heavy atom. The van der Waals surface area contributed by atoms with E-state index < -0.39 is 24.0 Å². The molecule has 1 N–H and O–H groups in total. The van der Waals surface area contributed by atoms with Crippen LogP contribution in [0.1, 0.15) is 25.9 Å². The molecule has 4 aromatic rings. The minimum absolute atomic E-state index is 0.136. The number of halogens is 3. The fourth-order valence-corrected chi connectivity index (χ4v) is 4.88. The first-order chi connectivity index (χ1) is 18.3. The summed E-state index contributed by atoms with van der Waals surface area (Å²) in [6.07, 6.45) is -4.75. The maximum atomic E-state index is 13.4. The van der Waals surface area contributed by atoms with Crippen molar-refractivity contribution in [3.05, 3.63) is 83.1 Å². The third-order valence-corrected chi connectivity index (χ3v) is 7.00. The van der Waals surface area contributed by atoms with Gasteiger partial charge in [-0.2, -0.15) is 18.2 Å². The van der Waals surface area contributed by atoms with Crippen molar-refractivity contribution in [1.82, 2.24) is 20.4 Å². The second-order valence-corrected chi connectivity index (χ2v) is 9.55. The van der Waals surface area contributed by atoms with Crippen molar-refractivity contribution in [2.45, 2.75) is 12.2 Å². The number of hydrogen-bond donors (Lipinski definition) is 1. The molecule has 3 heterocycles. The van der Waals surface area contributed by atoms with Crippen molar-refractivity contribution >= 4 is 23.2 Å². The molecule has 8 nitrogen and oxygen atoms in total. The van der Waals surface area contributed by atoms with Crippen LogP contribution in [0.3, 0.4) is 0 Å². The van der Waals surface area contributed by atoms with Crippen LogP contribution >= 0.6 is 11.3 Å². The Morgan fingerprint density at radius 2 is 1.84 bits per heavy atom. The second kappa shape index (κ2) is 10.8. The van der Waals surface area contributed by atoms with Gasteiger partial charge in [0.15, 0.2) is 0 Å². The quantitative estimate of drug-likeness (QED) is 0.378. The number of ether oxygens (including phenoxy) is 1. The van der Waals surface area contributed by atoms with Gasteiger partial charge in [-0.05, 0) is 35.4 Å². The lowest BCUT2D eigenvalue weighted by molar-refractivity contribution is -0.159. The summed E-state index contributed by atoms with van der Waals surface area (Å²) in [5.74, 6) is -2.31. The van der Waals surface area contributed by atoms with E-state index >= 15 is 0 Å². The van der Waals surface area contributed by atoms with E-state index in [-0.39, 0.29) is 34.6 Å². The fraction of sp³-hybridized carbons (Fsp3) is 0.231. The lowest BCUT2D eigenvalue weighted by Gasteiger charge is -2.35. The molecule has 2 aromatic heterocycles. The molecule has 0 aliphatic carbocycles. The molecule has 2 aromatic carbocycles. The Kier molecular flexibility index (Phi) is 7.25. The Labute approximate surface area is 219 Å². The topological polar surface area (TPSA) is 97.6 Å². The number of hydrogen-bond acceptors (Lipinski definition) is 7. The molecule has 1 aliphatic rings. The third-order valence-electron chi connectivity index (χ3n) is 5.92. The van der Waals surface area contributed by atoms with Crippen LogP contribution in [0.4, 0.5) is 13.2 Å². The van der Waals surface area contributed by atoms with Crippen LogP contribution in [0.5, 0.6) is 0 Å². The van der Waals surface area contributed by atoms with E-state index in [1.54, 1.807) is 11.0 Å². The zero-order valence-corrected chi connectivity index (χ0v) is 20.6. The number of nitrogens with zero attached hydrogens (tertiary/aromatic N) is 3. The van der Waals surface area contributed by atoms with Crippen molar-refractivity contribution in [1.29, 1.82) is 0 Å². The first-order valence-electron chi connectivity index (χ1n) is 11.6. The molecule has 0 bridgehead atoms. The number of nitrogens with one attached hydrogen (secondary N) is 1. The molecule has 12 heteroatoms. The van der Waals surface area contributed by atoms with E-state index in [1.807, 2.05) is 48.5 Å². The van der Waals surface area contributed by atoms with Gasteiger partial charge in [-0.15, -0.1) is 11.3 Å². The fourth-order valence-electron chi connectivity index (χ4n) is 4.04. The van der Waals surface area contributed by atoms with Gasteiger partial charge in [0.2, 0.25) is 5.82 Å². The van der Waals surface area contributed by atoms with Crippen LogP contribution < -0.4 is 5.32 Å². The van der Waals surface area contributed by atoms with E-state index in [0.29, 0.717) is 18.7 Å². The zero-order valence-electron chi connectivity index (χ0n) is 19.8. The van der Waals surface area contributed by atoms with E-state index in [9.17, 15) is 22.8 Å². The molecule has 0 spiro atoms. The van der Waals surface area contributed by atoms with Crippen LogP contribution in [0.15, 0.2) is 71.3 Å². The lowest BCUT2D eigenvalue weighted by atomic mass is 10.0. The van der Waals surface area contributed by atoms with Gasteiger partial charge in [-0.25, -0.2) is 0 Å². The molecule has 5 rings (SSSR count). The highest BCUT2D eigenvalue weighted by molar-refractivity contribution is 7.17. The number of carbonyl (C=O) groups is 2. The highest BCUT2D eigenvalue weighted by Gasteiger charge is 2.38. The Bertz CT molecular complexity index is 1440. The Balaban J connectivity index is 1.25. The highest BCUT2D eigenvalue weighted by Crippen LogP contribution is 2.31. The normalized spacial score (nSPS) is 15.9. The SMILES string of the molecule is O=C(NC[C@H]1COCCN1C(=O)c1cccc(-c2ccccc2)c1)c1ccc(-c2noc(C(F)(F)F)n2)s1. The van der Waals surface area contributed by atoms with E-state index in [0.717, 1.165) is 22.5 Å². The molecule has 196 valence electrons. The molecule has 1 fully saturated rings. The smallest absolute Gasteiger partial charge is 0.377 e. The number of rotatable bonds is 6. The standard InChI is InChI=1S/C26H21F3N4O4S/c27-26(28,29)25-31-22(32-37-25)20-9-10-21(38-20)23(34)30-14-19-15-36-12-11-33(19)24(35)18-8-4-7-17(13-18)16-5-2-1-3-6-16/h1-10,13,19H,11-12,14-15H2,(H,30,34)/t19-/m0/s1. The van der Waals surface area contributed by atoms with Gasteiger partial charge in [-0.3, -0.25) is 9.59 Å². The molecule has 1 aliphatic heterocycles. The minimum Gasteiger partial charge on any atom is -0.377 e. The van der Waals surface area contributed by atoms with Gasteiger partial charge in [0.1, 0.15) is 0 Å². The van der Waals surface area contributed by atoms with Crippen LogP contribution in [-0.4, -0.2) is 59.2 Å². The van der Waals surface area contributed by atoms with Crippen LogP contribution in [0, 0.1) is 0 Å². The Hall–Kier alpha value is -4.03. The number of benzene rings is 2. The third kappa shape index (κ3) is 5.60. The highest BCUT2D eigenvalue weighted by atomic mass is 32.1. The van der Waals surface area contributed by atoms with Crippen LogP contribution in [0.2, 0.25) is 0 Å². The first kappa shape index (κ1) is 25.6. The Morgan fingerprint density at radius 3 is 2.61 bits per heavy atom. The monoisotopic (exact) mass is 542 g/mol. The number of amides is 2. The number of alkyl halides is 3. The number of morpholine rings is 1. The predicted molar refractivity (Wildman–Crippen MR) is 132 cm³/mol. The predicted octanol–water partition coefficient (Wildman–Crippen LogP) is 4.75. The van der Waals surface area contributed by atoms with E-state index in [4.69, 9.17) is 4.74 Å². The summed E-state index contributed by atoms with van der Waals surface area (Å²) in [6, 6.07) is 19.6. The van der Waals surface area contributed by atoms with Crippen LogP contribution in [0.25, 0.3) is 21.8 Å². The summed E-state index contributed by atoms with van der Waals surface area (Å²) in [5, 5.41) is 6.13. The van der Waals surface area contributed by atoms with Gasteiger partial charge in [0, 0.05) is 18.7 Å². The van der Waals surface area contributed by atoms with Crippen molar-refractivity contribution in [2.24, 2.45) is 0 Å². The van der Waals surface area contributed by atoms with Crippen molar-refractivity contribution in [2.75, 3.05) is 26.3 Å². The van der Waals surface area contributed by atoms with Gasteiger partial charge in [-0.1, -0.05) is 47.6 Å². The summed E-state index contributed by atoms with van der Waals surface area (Å²) in [6.45, 7) is 1.14. The molecular weight excluding hydrogens is 521 g/mol. The molecule has 1 saturated heterocycles. The summed E-state index contributed by atoms with van der Waals surface area (Å²) < 4.78 is 48.0. The van der Waals surface area contributed by atoms with Crippen molar-refractivity contribution in [3.63, 3.8) is 0 Å². The van der Waals surface area contributed by atoms with Gasteiger partial charge >= 0.3 is 12.1 Å². The average Bonchev–Trinajstić information content (AvgIpc) is 3.63. The summed E-state index contributed by atoms with van der Waals surface area (Å²) in [5.41, 5.74) is 2.46. The average molecular weight is 543 g/mol. The molecule has 2 amide bonds. The maximum Gasteiger partial charge on any atom is 0.471 e. The number of thiophene rings is 1. The first-order valence-corrected chi connectivity index (χ1v) is 12.4.